The van der Waals surface area contributed by atoms with Gasteiger partial charge in [0.1, 0.15) is 5.75 Å². The van der Waals surface area contributed by atoms with Gasteiger partial charge >= 0.3 is 0 Å². The highest BCUT2D eigenvalue weighted by Crippen LogP contribution is 2.43. The fraction of sp³-hybridized carbons (Fsp3) is 0.647. The van der Waals surface area contributed by atoms with Crippen LogP contribution in [-0.4, -0.2) is 38.2 Å². The fourth-order valence-corrected chi connectivity index (χ4v) is 4.10. The van der Waals surface area contributed by atoms with Gasteiger partial charge in [0.2, 0.25) is 0 Å². The zero-order valence-electron chi connectivity index (χ0n) is 13.6. The highest BCUT2D eigenvalue weighted by Gasteiger charge is 2.33. The number of hydrogen-bond acceptors (Lipinski definition) is 3. The maximum absolute atomic E-state index is 6.28. The standard InChI is InChI=1S/C17H25ClN2O.2ClH/c1-21-16-7-6-14(18)12-15(16)17(13-4-2-3-5-13)20-10-8-19-9-11-20;;/h6-7,12-13,17,19H,2-5,8-11H2,1H3;2*1H/t17-;;/m0../s1. The van der Waals surface area contributed by atoms with Crippen LogP contribution in [0.1, 0.15) is 37.3 Å². The number of rotatable bonds is 4. The molecule has 2 fully saturated rings. The summed E-state index contributed by atoms with van der Waals surface area (Å²) in [5, 5.41) is 4.26. The van der Waals surface area contributed by atoms with Crippen molar-refractivity contribution in [1.29, 1.82) is 0 Å². The molecular formula is C17H27Cl3N2O. The van der Waals surface area contributed by atoms with Crippen LogP contribution in [-0.2, 0) is 0 Å². The van der Waals surface area contributed by atoms with Crippen LogP contribution in [0.3, 0.4) is 0 Å². The SMILES string of the molecule is COc1ccc(Cl)cc1[C@H](C1CCCC1)N1CCNCC1.Cl.Cl. The molecule has 0 bridgehead atoms. The molecule has 1 N–H and O–H groups in total. The predicted octanol–water partition coefficient (Wildman–Crippen LogP) is 4.33. The summed E-state index contributed by atoms with van der Waals surface area (Å²) in [5.41, 5.74) is 1.28. The van der Waals surface area contributed by atoms with E-state index in [9.17, 15) is 0 Å². The Labute approximate surface area is 156 Å². The van der Waals surface area contributed by atoms with Crippen molar-refractivity contribution in [2.24, 2.45) is 5.92 Å². The first-order valence-corrected chi connectivity index (χ1v) is 8.45. The van der Waals surface area contributed by atoms with Crippen LogP contribution >= 0.6 is 36.4 Å². The summed E-state index contributed by atoms with van der Waals surface area (Å²) in [6.45, 7) is 4.37. The third-order valence-electron chi connectivity index (χ3n) is 4.90. The summed E-state index contributed by atoms with van der Waals surface area (Å²) in [7, 11) is 1.76. The predicted molar refractivity (Wildman–Crippen MR) is 102 cm³/mol. The number of halogens is 3. The molecule has 23 heavy (non-hydrogen) atoms. The van der Waals surface area contributed by atoms with Crippen molar-refractivity contribution in [3.63, 3.8) is 0 Å². The van der Waals surface area contributed by atoms with Crippen LogP contribution in [0, 0.1) is 5.92 Å². The molecule has 0 spiro atoms. The topological polar surface area (TPSA) is 24.5 Å². The number of nitrogens with zero attached hydrogens (tertiary/aromatic N) is 1. The molecule has 1 aromatic carbocycles. The van der Waals surface area contributed by atoms with Gasteiger partial charge in [-0.2, -0.15) is 0 Å². The van der Waals surface area contributed by atoms with Gasteiger partial charge < -0.3 is 10.1 Å². The van der Waals surface area contributed by atoms with Crippen LogP contribution in [0.4, 0.5) is 0 Å². The molecule has 132 valence electrons. The number of methoxy groups -OCH3 is 1. The molecule has 0 amide bonds. The van der Waals surface area contributed by atoms with Crippen molar-refractivity contribution in [2.75, 3.05) is 33.3 Å². The van der Waals surface area contributed by atoms with E-state index in [4.69, 9.17) is 16.3 Å². The van der Waals surface area contributed by atoms with Gasteiger partial charge in [-0.25, -0.2) is 0 Å². The molecule has 1 heterocycles. The lowest BCUT2D eigenvalue weighted by molar-refractivity contribution is 0.123. The van der Waals surface area contributed by atoms with Crippen molar-refractivity contribution in [1.82, 2.24) is 10.2 Å². The average molecular weight is 382 g/mol. The minimum atomic E-state index is 0. The van der Waals surface area contributed by atoms with E-state index < -0.39 is 0 Å². The lowest BCUT2D eigenvalue weighted by Gasteiger charge is -2.39. The van der Waals surface area contributed by atoms with E-state index in [-0.39, 0.29) is 24.8 Å². The summed E-state index contributed by atoms with van der Waals surface area (Å²) in [6, 6.07) is 6.50. The van der Waals surface area contributed by atoms with Crippen molar-refractivity contribution < 1.29 is 4.74 Å². The highest BCUT2D eigenvalue weighted by molar-refractivity contribution is 6.30. The first-order valence-electron chi connectivity index (χ1n) is 8.08. The van der Waals surface area contributed by atoms with Crippen molar-refractivity contribution in [3.05, 3.63) is 28.8 Å². The van der Waals surface area contributed by atoms with E-state index >= 15 is 0 Å². The van der Waals surface area contributed by atoms with E-state index in [2.05, 4.69) is 16.3 Å². The number of ether oxygens (including phenoxy) is 1. The van der Waals surface area contributed by atoms with E-state index in [1.54, 1.807) is 7.11 Å². The van der Waals surface area contributed by atoms with E-state index in [0.717, 1.165) is 42.9 Å². The molecule has 1 atom stereocenters. The Morgan fingerprint density at radius 2 is 1.83 bits per heavy atom. The van der Waals surface area contributed by atoms with Crippen LogP contribution in [0.2, 0.25) is 5.02 Å². The Kier molecular flexibility index (Phi) is 9.02. The summed E-state index contributed by atoms with van der Waals surface area (Å²) in [5.74, 6) is 1.71. The second-order valence-corrected chi connectivity index (χ2v) is 6.60. The molecular weight excluding hydrogens is 355 g/mol. The van der Waals surface area contributed by atoms with Crippen LogP contribution in [0.25, 0.3) is 0 Å². The van der Waals surface area contributed by atoms with E-state index in [1.807, 2.05) is 12.1 Å². The quantitative estimate of drug-likeness (QED) is 0.840. The zero-order valence-corrected chi connectivity index (χ0v) is 16.0. The summed E-state index contributed by atoms with van der Waals surface area (Å²) < 4.78 is 5.63. The Hall–Kier alpha value is -0.190. The van der Waals surface area contributed by atoms with Crippen molar-refractivity contribution >= 4 is 36.4 Å². The molecule has 2 aliphatic rings. The lowest BCUT2D eigenvalue weighted by atomic mass is 9.89. The second-order valence-electron chi connectivity index (χ2n) is 6.16. The third-order valence-corrected chi connectivity index (χ3v) is 5.14. The van der Waals surface area contributed by atoms with E-state index in [1.165, 1.54) is 31.2 Å². The molecule has 1 saturated carbocycles. The molecule has 1 aliphatic heterocycles. The molecule has 1 aromatic rings. The summed E-state index contributed by atoms with van der Waals surface area (Å²) in [4.78, 5) is 2.63. The molecule has 0 radical (unpaired) electrons. The summed E-state index contributed by atoms with van der Waals surface area (Å²) in [6.07, 6.45) is 5.36. The van der Waals surface area contributed by atoms with Gasteiger partial charge in [0, 0.05) is 42.8 Å². The Morgan fingerprint density at radius 1 is 1.17 bits per heavy atom. The summed E-state index contributed by atoms with van der Waals surface area (Å²) >= 11 is 6.28. The van der Waals surface area contributed by atoms with E-state index in [0.29, 0.717) is 6.04 Å². The smallest absolute Gasteiger partial charge is 0.123 e. The van der Waals surface area contributed by atoms with Crippen molar-refractivity contribution in [2.45, 2.75) is 31.7 Å². The molecule has 1 saturated heterocycles. The van der Waals surface area contributed by atoms with Gasteiger partial charge in [-0.15, -0.1) is 24.8 Å². The molecule has 1 aliphatic carbocycles. The maximum Gasteiger partial charge on any atom is 0.123 e. The first-order chi connectivity index (χ1) is 10.3. The van der Waals surface area contributed by atoms with Crippen LogP contribution in [0.15, 0.2) is 18.2 Å². The number of piperazine rings is 1. The fourth-order valence-electron chi connectivity index (χ4n) is 3.92. The second kappa shape index (κ2) is 9.95. The number of hydrogen-bond donors (Lipinski definition) is 1. The molecule has 0 unspecified atom stereocenters. The lowest BCUT2D eigenvalue weighted by Crippen LogP contribution is -2.46. The molecule has 6 heteroatoms. The highest BCUT2D eigenvalue weighted by atomic mass is 35.5. The van der Waals surface area contributed by atoms with Crippen LogP contribution < -0.4 is 10.1 Å². The first kappa shape index (κ1) is 20.9. The van der Waals surface area contributed by atoms with Gasteiger partial charge in [-0.1, -0.05) is 24.4 Å². The Morgan fingerprint density at radius 3 is 2.43 bits per heavy atom. The largest absolute Gasteiger partial charge is 0.496 e. The number of benzene rings is 1. The molecule has 3 nitrogen and oxygen atoms in total. The van der Waals surface area contributed by atoms with Gasteiger partial charge in [0.05, 0.1) is 7.11 Å². The average Bonchev–Trinajstić information content (AvgIpc) is 3.03. The zero-order chi connectivity index (χ0) is 14.7. The molecule has 3 rings (SSSR count). The minimum Gasteiger partial charge on any atom is -0.496 e. The third kappa shape index (κ3) is 4.90. The van der Waals surface area contributed by atoms with Crippen molar-refractivity contribution in [3.8, 4) is 5.75 Å². The number of nitrogens with one attached hydrogen (secondary N) is 1. The minimum absolute atomic E-state index is 0. The Bertz CT molecular complexity index is 475. The van der Waals surface area contributed by atoms with Gasteiger partial charge in [-0.05, 0) is 37.0 Å². The Balaban J connectivity index is 0.00000132. The monoisotopic (exact) mass is 380 g/mol. The van der Waals surface area contributed by atoms with Gasteiger partial charge in [0.15, 0.2) is 0 Å². The molecule has 0 aromatic heterocycles. The van der Waals surface area contributed by atoms with Gasteiger partial charge in [-0.3, -0.25) is 4.90 Å². The van der Waals surface area contributed by atoms with Crippen LogP contribution in [0.5, 0.6) is 5.75 Å². The maximum atomic E-state index is 6.28. The normalized spacial score (nSPS) is 20.4. The van der Waals surface area contributed by atoms with Gasteiger partial charge in [0.25, 0.3) is 0 Å².